The lowest BCUT2D eigenvalue weighted by Gasteiger charge is -2.15. The van der Waals surface area contributed by atoms with Crippen LogP contribution < -0.4 is 0 Å². The van der Waals surface area contributed by atoms with Gasteiger partial charge < -0.3 is 8.98 Å². The Morgan fingerprint density at radius 3 is 1.47 bits per heavy atom. The monoisotopic (exact) mass is 888 g/mol. The Bertz CT molecular complexity index is 4560. The summed E-state index contributed by atoms with van der Waals surface area (Å²) in [6.45, 7) is 0. The van der Waals surface area contributed by atoms with Gasteiger partial charge in [0.15, 0.2) is 0 Å². The first-order valence-corrected chi connectivity index (χ1v) is 24.0. The van der Waals surface area contributed by atoms with Crippen LogP contribution in [0.4, 0.5) is 0 Å². The minimum absolute atomic E-state index is 0.902. The molecule has 0 aliphatic carbocycles. The summed E-state index contributed by atoms with van der Waals surface area (Å²) < 4.78 is 8.73. The van der Waals surface area contributed by atoms with Gasteiger partial charge in [0.25, 0.3) is 0 Å². The molecule has 15 aromatic rings. The summed E-state index contributed by atoms with van der Waals surface area (Å²) in [5, 5.41) is 16.8. The van der Waals surface area contributed by atoms with E-state index < -0.39 is 0 Å². The number of nitrogens with zero attached hydrogens (tertiary/aromatic N) is 2. The van der Waals surface area contributed by atoms with Gasteiger partial charge in [-0.3, -0.25) is 0 Å². The first-order valence-electron chi connectivity index (χ1n) is 24.0. The van der Waals surface area contributed by atoms with E-state index in [9.17, 15) is 0 Å². The van der Waals surface area contributed by atoms with Crippen LogP contribution in [0, 0.1) is 0 Å². The molecule has 3 nitrogen and oxygen atoms in total. The van der Waals surface area contributed by atoms with Crippen LogP contribution in [0.5, 0.6) is 0 Å². The van der Waals surface area contributed by atoms with Crippen molar-refractivity contribution >= 4 is 97.6 Å². The van der Waals surface area contributed by atoms with Gasteiger partial charge in [0.2, 0.25) is 0 Å². The highest BCUT2D eigenvalue weighted by Gasteiger charge is 2.20. The van der Waals surface area contributed by atoms with Gasteiger partial charge in [0, 0.05) is 32.7 Å². The Labute approximate surface area is 402 Å². The second-order valence-electron chi connectivity index (χ2n) is 18.7. The normalized spacial score (nSPS) is 12.0. The molecule has 0 atom stereocenters. The Morgan fingerprint density at radius 1 is 0.257 bits per heavy atom. The molecule has 0 unspecified atom stereocenters. The predicted octanol–water partition coefficient (Wildman–Crippen LogP) is 18.5. The minimum Gasteiger partial charge on any atom is -0.456 e. The van der Waals surface area contributed by atoms with Crippen molar-refractivity contribution in [3.63, 3.8) is 0 Å². The molecule has 324 valence electrons. The second kappa shape index (κ2) is 15.1. The van der Waals surface area contributed by atoms with Crippen molar-refractivity contribution in [1.82, 2.24) is 9.55 Å². The summed E-state index contributed by atoms with van der Waals surface area (Å²) in [5.74, 6) is 0. The number of furan rings is 1. The number of pyridine rings is 1. The molecule has 3 heterocycles. The van der Waals surface area contributed by atoms with E-state index in [1.54, 1.807) is 0 Å². The van der Waals surface area contributed by atoms with Gasteiger partial charge in [-0.2, -0.15) is 0 Å². The van der Waals surface area contributed by atoms with E-state index in [4.69, 9.17) is 9.40 Å². The highest BCUT2D eigenvalue weighted by atomic mass is 16.3. The zero-order valence-corrected chi connectivity index (χ0v) is 37.9. The molecular weight excluding hydrogens is 849 g/mol. The van der Waals surface area contributed by atoms with Crippen LogP contribution in [0.3, 0.4) is 0 Å². The highest BCUT2D eigenvalue weighted by molar-refractivity contribution is 6.29. The fourth-order valence-electron chi connectivity index (χ4n) is 11.3. The van der Waals surface area contributed by atoms with Gasteiger partial charge in [-0.25, -0.2) is 4.98 Å². The van der Waals surface area contributed by atoms with Crippen molar-refractivity contribution in [1.29, 1.82) is 0 Å². The van der Waals surface area contributed by atoms with Crippen molar-refractivity contribution in [2.75, 3.05) is 0 Å². The molecule has 0 aliphatic heterocycles. The number of para-hydroxylation sites is 1. The molecule has 12 aromatic carbocycles. The summed E-state index contributed by atoms with van der Waals surface area (Å²) in [5.41, 5.74) is 13.9. The Morgan fingerprint density at radius 2 is 0.743 bits per heavy atom. The number of benzene rings is 12. The smallest absolute Gasteiger partial charge is 0.135 e. The van der Waals surface area contributed by atoms with E-state index in [1.165, 1.54) is 81.3 Å². The Hall–Kier alpha value is -9.31. The number of hydrogen-bond donors (Lipinski definition) is 0. The fourth-order valence-corrected chi connectivity index (χ4v) is 11.3. The van der Waals surface area contributed by atoms with Crippen LogP contribution in [0.15, 0.2) is 247 Å². The third kappa shape index (κ3) is 6.05. The Kier molecular flexibility index (Phi) is 8.36. The van der Waals surface area contributed by atoms with Gasteiger partial charge in [-0.1, -0.05) is 170 Å². The average molecular weight is 889 g/mol. The van der Waals surface area contributed by atoms with E-state index in [-0.39, 0.29) is 0 Å². The molecule has 3 heteroatoms. The molecular formula is C67H40N2O. The van der Waals surface area contributed by atoms with Crippen molar-refractivity contribution < 1.29 is 4.42 Å². The van der Waals surface area contributed by atoms with Gasteiger partial charge >= 0.3 is 0 Å². The van der Waals surface area contributed by atoms with Crippen LogP contribution in [0.1, 0.15) is 0 Å². The number of rotatable bonds is 5. The molecule has 0 N–H and O–H groups in total. The lowest BCUT2D eigenvalue weighted by molar-refractivity contribution is 0.669. The molecule has 0 radical (unpaired) electrons. The SMILES string of the molecule is c1ccc(-c2ccc3c(c2)c2cc4c5cc(-c6ccc7oc8ccccc8c7c6)ccc5c5ccccc5c4cc2n3-c2cc(-c3ccc4ccccc4c3)nc(-c3ccc4ccccc4c3)c2)cc1. The maximum absolute atomic E-state index is 6.25. The third-order valence-electron chi connectivity index (χ3n) is 14.7. The largest absolute Gasteiger partial charge is 0.456 e. The standard InChI is InChI=1S/C67H40N2O/c1-2-12-41(13-3-1)46-27-30-64-59(35-46)60-39-57-56-34-47(48-28-31-67-61(36-48)55-20-10-11-21-66(55)70-67)26-29-54(56)52-18-8-9-19-53(52)58(57)40-65(60)69(64)51-37-62(49-24-22-42-14-4-6-16-44(42)32-49)68-63(38-51)50-25-23-43-15-5-7-17-45(43)33-50/h1-40H. The van der Waals surface area contributed by atoms with Crippen LogP contribution in [-0.2, 0) is 0 Å². The molecule has 0 aliphatic rings. The molecule has 0 bridgehead atoms. The molecule has 0 spiro atoms. The second-order valence-corrected chi connectivity index (χ2v) is 18.7. The predicted molar refractivity (Wildman–Crippen MR) is 295 cm³/mol. The van der Waals surface area contributed by atoms with E-state index in [2.05, 4.69) is 235 Å². The van der Waals surface area contributed by atoms with E-state index >= 15 is 0 Å². The lowest BCUT2D eigenvalue weighted by atomic mass is 9.91. The third-order valence-corrected chi connectivity index (χ3v) is 14.7. The van der Waals surface area contributed by atoms with Gasteiger partial charge in [0.1, 0.15) is 11.2 Å². The van der Waals surface area contributed by atoms with Crippen LogP contribution >= 0.6 is 0 Å². The summed E-state index contributed by atoms with van der Waals surface area (Å²) >= 11 is 0. The van der Waals surface area contributed by atoms with Crippen LogP contribution in [-0.4, -0.2) is 9.55 Å². The molecule has 15 rings (SSSR count). The Balaban J connectivity index is 1.03. The average Bonchev–Trinajstić information content (AvgIpc) is 3.97. The van der Waals surface area contributed by atoms with E-state index in [1.807, 2.05) is 12.1 Å². The zero-order valence-electron chi connectivity index (χ0n) is 37.9. The van der Waals surface area contributed by atoms with Crippen molar-refractivity contribution in [2.45, 2.75) is 0 Å². The number of fused-ring (bicyclic) bond motifs is 14. The summed E-state index contributed by atoms with van der Waals surface area (Å²) in [4.78, 5) is 5.48. The van der Waals surface area contributed by atoms with Gasteiger partial charge in [-0.05, 0) is 149 Å². The first kappa shape index (κ1) is 38.8. The van der Waals surface area contributed by atoms with Gasteiger partial charge in [-0.15, -0.1) is 0 Å². The van der Waals surface area contributed by atoms with E-state index in [0.29, 0.717) is 0 Å². The first-order chi connectivity index (χ1) is 34.6. The zero-order chi connectivity index (χ0) is 45.9. The fraction of sp³-hybridized carbons (Fsp3) is 0. The lowest BCUT2D eigenvalue weighted by Crippen LogP contribution is -1.98. The van der Waals surface area contributed by atoms with Crippen molar-refractivity contribution in [2.24, 2.45) is 0 Å². The number of hydrogen-bond acceptors (Lipinski definition) is 2. The molecule has 0 saturated carbocycles. The maximum Gasteiger partial charge on any atom is 0.135 e. The topological polar surface area (TPSA) is 31.0 Å². The molecule has 3 aromatic heterocycles. The maximum atomic E-state index is 6.25. The molecule has 0 fully saturated rings. The summed E-state index contributed by atoms with van der Waals surface area (Å²) in [6.07, 6.45) is 0. The van der Waals surface area contributed by atoms with Crippen LogP contribution in [0.2, 0.25) is 0 Å². The summed E-state index contributed by atoms with van der Waals surface area (Å²) in [7, 11) is 0. The van der Waals surface area contributed by atoms with Crippen LogP contribution in [0.25, 0.3) is 148 Å². The highest BCUT2D eigenvalue weighted by Crippen LogP contribution is 2.44. The molecule has 0 amide bonds. The van der Waals surface area contributed by atoms with Crippen molar-refractivity contribution in [3.05, 3.63) is 243 Å². The van der Waals surface area contributed by atoms with E-state index in [0.717, 1.165) is 66.7 Å². The number of aromatic nitrogens is 2. The molecule has 0 saturated heterocycles. The van der Waals surface area contributed by atoms with Gasteiger partial charge in [0.05, 0.1) is 28.1 Å². The van der Waals surface area contributed by atoms with Crippen molar-refractivity contribution in [3.8, 4) is 50.5 Å². The quantitative estimate of drug-likeness (QED) is 0.161. The summed E-state index contributed by atoms with van der Waals surface area (Å²) in [6, 6.07) is 88.6. The minimum atomic E-state index is 0.902. The molecule has 70 heavy (non-hydrogen) atoms.